The number of carbonyl (C=O) groups excluding carboxylic acids is 1. The molecule has 0 aromatic heterocycles. The van der Waals surface area contributed by atoms with Gasteiger partial charge in [0.25, 0.3) is 0 Å². The second kappa shape index (κ2) is 8.61. The van der Waals surface area contributed by atoms with Crippen molar-refractivity contribution in [2.45, 2.75) is 13.8 Å². The number of nitrogens with zero attached hydrogens (tertiary/aromatic N) is 2. The molecule has 0 saturated carbocycles. The smallest absolute Gasteiger partial charge is 0.362 e. The monoisotopic (exact) mass is 370 g/mol. The van der Waals surface area contributed by atoms with Crippen molar-refractivity contribution in [1.82, 2.24) is 0 Å². The Morgan fingerprint density at radius 2 is 1.81 bits per heavy atom. The maximum atomic E-state index is 11.8. The fourth-order valence-electron chi connectivity index (χ4n) is 2.23. The van der Waals surface area contributed by atoms with Gasteiger partial charge in [0.05, 0.1) is 12.2 Å². The minimum absolute atomic E-state index is 0.0382. The summed E-state index contributed by atoms with van der Waals surface area (Å²) in [6, 6.07) is 10.7. The molecule has 2 aromatic carbocycles. The Morgan fingerprint density at radius 3 is 2.44 bits per heavy atom. The molecule has 0 heterocycles. The number of phenols is 1. The van der Waals surface area contributed by atoms with Crippen LogP contribution in [0, 0.1) is 0 Å². The second-order valence-electron chi connectivity index (χ2n) is 5.41. The lowest BCUT2D eigenvalue weighted by molar-refractivity contribution is -0.138. The molecule has 0 radical (unpaired) electrons. The van der Waals surface area contributed by atoms with Crippen molar-refractivity contribution in [2.75, 3.05) is 6.61 Å². The van der Waals surface area contributed by atoms with E-state index in [0.29, 0.717) is 11.1 Å². The number of azo groups is 1. The molecule has 0 amide bonds. The highest BCUT2D eigenvalue weighted by atomic mass is 16.5. The van der Waals surface area contributed by atoms with E-state index < -0.39 is 11.9 Å². The summed E-state index contributed by atoms with van der Waals surface area (Å²) in [5.41, 5.74) is 0.550. The predicted octanol–water partition coefficient (Wildman–Crippen LogP) is 4.19. The summed E-state index contributed by atoms with van der Waals surface area (Å²) >= 11 is 0. The predicted molar refractivity (Wildman–Crippen MR) is 97.0 cm³/mol. The maximum Gasteiger partial charge on any atom is 0.362 e. The lowest BCUT2D eigenvalue weighted by atomic mass is 10.0. The lowest BCUT2D eigenvalue weighted by Crippen LogP contribution is -2.07. The highest BCUT2D eigenvalue weighted by molar-refractivity contribution is 5.90. The molecule has 0 aliphatic rings. The Hall–Kier alpha value is -3.68. The third-order valence-electron chi connectivity index (χ3n) is 3.50. The van der Waals surface area contributed by atoms with Gasteiger partial charge in [-0.25, -0.2) is 9.59 Å². The number of aromatic hydroxyl groups is 1. The van der Waals surface area contributed by atoms with E-state index in [1.54, 1.807) is 31.2 Å². The Balaban J connectivity index is 2.43. The first-order valence-electron chi connectivity index (χ1n) is 7.99. The molecule has 140 valence electrons. The van der Waals surface area contributed by atoms with Gasteiger partial charge in [-0.05, 0) is 37.6 Å². The first-order chi connectivity index (χ1) is 12.8. The molecule has 0 atom stereocenters. The molecular weight excluding hydrogens is 352 g/mol. The number of hydrogen-bond acceptors (Lipinski definition) is 7. The molecule has 0 fully saturated rings. The first-order valence-corrected chi connectivity index (χ1v) is 7.99. The normalized spacial score (nSPS) is 11.9. The fraction of sp³-hybridized carbons (Fsp3) is 0.158. The molecular formula is C19H18N2O6. The molecule has 0 spiro atoms. The molecule has 2 rings (SSSR count). The average Bonchev–Trinajstić information content (AvgIpc) is 2.63. The Morgan fingerprint density at radius 1 is 1.11 bits per heavy atom. The van der Waals surface area contributed by atoms with Crippen LogP contribution in [0.1, 0.15) is 24.2 Å². The lowest BCUT2D eigenvalue weighted by Gasteiger charge is -2.08. The number of ether oxygens (including phenoxy) is 1. The number of benzene rings is 2. The van der Waals surface area contributed by atoms with Crippen LogP contribution in [0.2, 0.25) is 0 Å². The van der Waals surface area contributed by atoms with Gasteiger partial charge >= 0.3 is 11.9 Å². The van der Waals surface area contributed by atoms with E-state index in [0.717, 1.165) is 0 Å². The highest BCUT2D eigenvalue weighted by Gasteiger charge is 2.15. The number of para-hydroxylation sites is 1. The highest BCUT2D eigenvalue weighted by Crippen LogP contribution is 2.37. The number of aliphatic hydroxyl groups excluding tert-OH is 1. The molecule has 0 unspecified atom stereocenters. The number of carboxylic acids is 1. The number of carbonyl (C=O) groups is 2. The summed E-state index contributed by atoms with van der Waals surface area (Å²) in [6.07, 6.45) is 0. The largest absolute Gasteiger partial charge is 0.510 e. The summed E-state index contributed by atoms with van der Waals surface area (Å²) < 4.78 is 4.78. The van der Waals surface area contributed by atoms with Crippen LogP contribution in [0.25, 0.3) is 11.1 Å². The zero-order valence-corrected chi connectivity index (χ0v) is 14.7. The van der Waals surface area contributed by atoms with Crippen molar-refractivity contribution in [3.8, 4) is 16.9 Å². The summed E-state index contributed by atoms with van der Waals surface area (Å²) in [4.78, 5) is 22.9. The molecule has 8 heteroatoms. The number of allylic oxidation sites excluding steroid dienone is 1. The second-order valence-corrected chi connectivity index (χ2v) is 5.41. The van der Waals surface area contributed by atoms with Gasteiger partial charge in [0.15, 0.2) is 5.75 Å². The number of aliphatic hydroxyl groups is 1. The summed E-state index contributed by atoms with van der Waals surface area (Å²) in [5, 5.41) is 36.6. The topological polar surface area (TPSA) is 129 Å². The number of carboxylic acid groups (broad SMARTS) is 1. The van der Waals surface area contributed by atoms with Gasteiger partial charge in [-0.3, -0.25) is 0 Å². The first kappa shape index (κ1) is 19.6. The van der Waals surface area contributed by atoms with Crippen molar-refractivity contribution in [3.05, 3.63) is 59.5 Å². The van der Waals surface area contributed by atoms with Crippen LogP contribution in [0.15, 0.2) is 64.1 Å². The summed E-state index contributed by atoms with van der Waals surface area (Å²) in [5.74, 6) is -2.55. The zero-order chi connectivity index (χ0) is 20.0. The molecule has 0 aliphatic carbocycles. The van der Waals surface area contributed by atoms with Crippen molar-refractivity contribution in [3.63, 3.8) is 0 Å². The van der Waals surface area contributed by atoms with Crippen LogP contribution in [-0.2, 0) is 9.53 Å². The SMILES string of the molecule is CCOC(=O)C(N=Nc1cccc(-c2cccc(C(=O)O)c2)c1O)=C(C)O. The molecule has 3 N–H and O–H groups in total. The van der Waals surface area contributed by atoms with Gasteiger partial charge in [0.1, 0.15) is 11.4 Å². The van der Waals surface area contributed by atoms with Crippen molar-refractivity contribution >= 4 is 17.6 Å². The van der Waals surface area contributed by atoms with Crippen LogP contribution in [0.4, 0.5) is 5.69 Å². The van der Waals surface area contributed by atoms with E-state index in [-0.39, 0.29) is 35.1 Å². The zero-order valence-electron chi connectivity index (χ0n) is 14.7. The van der Waals surface area contributed by atoms with E-state index in [4.69, 9.17) is 9.84 Å². The van der Waals surface area contributed by atoms with Gasteiger partial charge in [-0.15, -0.1) is 10.2 Å². The van der Waals surface area contributed by atoms with E-state index in [9.17, 15) is 19.8 Å². The summed E-state index contributed by atoms with van der Waals surface area (Å²) in [6.45, 7) is 2.98. The van der Waals surface area contributed by atoms with Crippen LogP contribution in [-0.4, -0.2) is 33.9 Å². The number of rotatable bonds is 6. The molecule has 0 aliphatic heterocycles. The number of aromatic carboxylic acids is 1. The quantitative estimate of drug-likeness (QED) is 0.302. The van der Waals surface area contributed by atoms with Gasteiger partial charge in [0, 0.05) is 5.56 Å². The Kier molecular flexibility index (Phi) is 6.27. The number of hydrogen-bond donors (Lipinski definition) is 3. The fourth-order valence-corrected chi connectivity index (χ4v) is 2.23. The minimum Gasteiger partial charge on any atom is -0.510 e. The molecule has 8 nitrogen and oxygen atoms in total. The molecule has 0 bridgehead atoms. The van der Waals surface area contributed by atoms with Gasteiger partial charge in [-0.2, -0.15) is 0 Å². The average molecular weight is 370 g/mol. The third-order valence-corrected chi connectivity index (χ3v) is 3.50. The van der Waals surface area contributed by atoms with Crippen LogP contribution in [0.3, 0.4) is 0 Å². The van der Waals surface area contributed by atoms with Crippen molar-refractivity contribution in [2.24, 2.45) is 10.2 Å². The Bertz CT molecular complexity index is 930. The van der Waals surface area contributed by atoms with Crippen LogP contribution in [0.5, 0.6) is 5.75 Å². The van der Waals surface area contributed by atoms with Gasteiger partial charge in [-0.1, -0.05) is 24.3 Å². The van der Waals surface area contributed by atoms with Crippen LogP contribution < -0.4 is 0 Å². The summed E-state index contributed by atoms with van der Waals surface area (Å²) in [7, 11) is 0. The molecule has 0 saturated heterocycles. The van der Waals surface area contributed by atoms with Gasteiger partial charge in [0.2, 0.25) is 5.70 Å². The van der Waals surface area contributed by atoms with Gasteiger partial charge < -0.3 is 20.1 Å². The van der Waals surface area contributed by atoms with E-state index >= 15 is 0 Å². The van der Waals surface area contributed by atoms with E-state index in [2.05, 4.69) is 10.2 Å². The van der Waals surface area contributed by atoms with Crippen molar-refractivity contribution in [1.29, 1.82) is 0 Å². The van der Waals surface area contributed by atoms with E-state index in [1.807, 2.05) is 0 Å². The van der Waals surface area contributed by atoms with E-state index in [1.165, 1.54) is 25.1 Å². The molecule has 2 aromatic rings. The third kappa shape index (κ3) is 4.69. The van der Waals surface area contributed by atoms with Crippen molar-refractivity contribution < 1.29 is 29.6 Å². The maximum absolute atomic E-state index is 11.8. The van der Waals surface area contributed by atoms with Crippen LogP contribution >= 0.6 is 0 Å². The molecule has 27 heavy (non-hydrogen) atoms. The number of phenolic OH excluding ortho intramolecular Hbond substituents is 1. The Labute approximate surface area is 155 Å². The minimum atomic E-state index is -1.09. The standard InChI is InChI=1S/C19H18N2O6/c1-3-27-19(26)16(11(2)22)21-20-15-9-5-8-14(17(15)23)12-6-4-7-13(10-12)18(24)25/h4-10,22-23H,3H2,1-2H3,(H,24,25). The number of esters is 1.